The molecule has 3 rings (SSSR count). The van der Waals surface area contributed by atoms with E-state index in [9.17, 15) is 8.42 Å². The lowest BCUT2D eigenvalue weighted by molar-refractivity contribution is 0.264. The van der Waals surface area contributed by atoms with Crippen molar-refractivity contribution < 1.29 is 8.42 Å². The number of hydrogen-bond donors (Lipinski definition) is 1. The molecule has 1 aliphatic heterocycles. The van der Waals surface area contributed by atoms with Crippen LogP contribution in [0.5, 0.6) is 0 Å². The highest BCUT2D eigenvalue weighted by molar-refractivity contribution is 7.90. The summed E-state index contributed by atoms with van der Waals surface area (Å²) in [6.07, 6.45) is 6.37. The summed E-state index contributed by atoms with van der Waals surface area (Å²) in [5.74, 6) is 0.937. The van der Waals surface area contributed by atoms with Crippen molar-refractivity contribution in [3.63, 3.8) is 0 Å². The molecule has 7 heteroatoms. The van der Waals surface area contributed by atoms with Gasteiger partial charge < -0.3 is 0 Å². The van der Waals surface area contributed by atoms with Crippen LogP contribution in [0.3, 0.4) is 0 Å². The Morgan fingerprint density at radius 1 is 1.12 bits per heavy atom. The molecule has 0 unspecified atom stereocenters. The third kappa shape index (κ3) is 5.02. The minimum absolute atomic E-state index is 0.390. The summed E-state index contributed by atoms with van der Waals surface area (Å²) in [5, 5.41) is 0. The highest BCUT2D eigenvalue weighted by Gasteiger charge is 2.28. The standard InChI is InChI=1S/C19H26N4O2S/c1-2-17-7-5-8-19(21-17)22-26(24,25)23-14-11-16(12-15-23)9-10-18-6-3-4-13-20-18/h3-8,13,16H,2,9-12,14-15H2,1H3,(H,21,22). The number of rotatable bonds is 7. The topological polar surface area (TPSA) is 75.2 Å². The molecule has 2 aromatic heterocycles. The normalized spacial score (nSPS) is 16.5. The Morgan fingerprint density at radius 3 is 2.58 bits per heavy atom. The molecule has 1 saturated heterocycles. The molecule has 26 heavy (non-hydrogen) atoms. The van der Waals surface area contributed by atoms with Gasteiger partial charge in [-0.2, -0.15) is 12.7 Å². The smallest absolute Gasteiger partial charge is 0.261 e. The third-order valence-corrected chi connectivity index (χ3v) is 6.36. The molecule has 0 aliphatic carbocycles. The van der Waals surface area contributed by atoms with Gasteiger partial charge in [-0.1, -0.05) is 19.1 Å². The van der Waals surface area contributed by atoms with Gasteiger partial charge in [0.2, 0.25) is 0 Å². The fourth-order valence-corrected chi connectivity index (χ4v) is 4.46. The quantitative estimate of drug-likeness (QED) is 0.808. The first kappa shape index (κ1) is 18.8. The molecular weight excluding hydrogens is 348 g/mol. The Labute approximate surface area is 155 Å². The molecule has 6 nitrogen and oxygen atoms in total. The molecule has 2 aromatic rings. The lowest BCUT2D eigenvalue weighted by atomic mass is 9.92. The van der Waals surface area contributed by atoms with Gasteiger partial charge in [0.1, 0.15) is 5.82 Å². The number of nitrogens with one attached hydrogen (secondary N) is 1. The highest BCUT2D eigenvalue weighted by atomic mass is 32.2. The molecule has 0 atom stereocenters. The van der Waals surface area contributed by atoms with Gasteiger partial charge >= 0.3 is 10.2 Å². The molecule has 1 aliphatic rings. The number of aryl methyl sites for hydroxylation is 2. The summed E-state index contributed by atoms with van der Waals surface area (Å²) in [6, 6.07) is 11.4. The molecule has 3 heterocycles. The van der Waals surface area contributed by atoms with Crippen LogP contribution < -0.4 is 4.72 Å². The van der Waals surface area contributed by atoms with Crippen molar-refractivity contribution in [1.82, 2.24) is 14.3 Å². The maximum absolute atomic E-state index is 12.6. The van der Waals surface area contributed by atoms with Crippen LogP contribution in [0, 0.1) is 5.92 Å². The molecule has 140 valence electrons. The minimum atomic E-state index is -3.54. The zero-order valence-corrected chi connectivity index (χ0v) is 16.0. The molecule has 0 radical (unpaired) electrons. The molecule has 0 bridgehead atoms. The predicted molar refractivity (Wildman–Crippen MR) is 103 cm³/mol. The van der Waals surface area contributed by atoms with E-state index in [1.165, 1.54) is 4.31 Å². The van der Waals surface area contributed by atoms with E-state index in [0.717, 1.165) is 43.5 Å². The summed E-state index contributed by atoms with van der Waals surface area (Å²) < 4.78 is 29.4. The second-order valence-electron chi connectivity index (χ2n) is 6.68. The zero-order valence-electron chi connectivity index (χ0n) is 15.1. The SMILES string of the molecule is CCc1cccc(NS(=O)(=O)N2CCC(CCc3ccccn3)CC2)n1. The van der Waals surface area contributed by atoms with Crippen LogP contribution in [0.2, 0.25) is 0 Å². The maximum Gasteiger partial charge on any atom is 0.302 e. The van der Waals surface area contributed by atoms with Crippen LogP contribution in [-0.2, 0) is 23.1 Å². The van der Waals surface area contributed by atoms with Gasteiger partial charge in [-0.25, -0.2) is 4.98 Å². The second-order valence-corrected chi connectivity index (χ2v) is 8.35. The Balaban J connectivity index is 1.51. The molecule has 1 N–H and O–H groups in total. The van der Waals surface area contributed by atoms with Gasteiger partial charge in [0, 0.05) is 30.7 Å². The van der Waals surface area contributed by atoms with E-state index < -0.39 is 10.2 Å². The summed E-state index contributed by atoms with van der Waals surface area (Å²) in [6.45, 7) is 3.10. The molecule has 0 aromatic carbocycles. The van der Waals surface area contributed by atoms with Gasteiger partial charge in [0.15, 0.2) is 0 Å². The van der Waals surface area contributed by atoms with E-state index >= 15 is 0 Å². The summed E-state index contributed by atoms with van der Waals surface area (Å²) in [4.78, 5) is 8.68. The van der Waals surface area contributed by atoms with Crippen molar-refractivity contribution in [1.29, 1.82) is 0 Å². The molecular formula is C19H26N4O2S. The second kappa shape index (κ2) is 8.60. The zero-order chi connectivity index (χ0) is 18.4. The summed E-state index contributed by atoms with van der Waals surface area (Å²) in [7, 11) is -3.54. The highest BCUT2D eigenvalue weighted by Crippen LogP contribution is 2.24. The van der Waals surface area contributed by atoms with Crippen molar-refractivity contribution in [2.45, 2.75) is 39.0 Å². The lowest BCUT2D eigenvalue weighted by Gasteiger charge is -2.31. The van der Waals surface area contributed by atoms with Crippen LogP contribution in [0.25, 0.3) is 0 Å². The summed E-state index contributed by atoms with van der Waals surface area (Å²) >= 11 is 0. The minimum Gasteiger partial charge on any atom is -0.261 e. The predicted octanol–water partition coefficient (Wildman–Crippen LogP) is 3.04. The summed E-state index contributed by atoms with van der Waals surface area (Å²) in [5.41, 5.74) is 1.98. The van der Waals surface area contributed by atoms with Crippen molar-refractivity contribution in [2.75, 3.05) is 17.8 Å². The van der Waals surface area contributed by atoms with Crippen LogP contribution in [-0.4, -0.2) is 35.8 Å². The molecule has 1 fully saturated rings. The first-order chi connectivity index (χ1) is 12.6. The number of nitrogens with zero attached hydrogens (tertiary/aromatic N) is 3. The maximum atomic E-state index is 12.6. The monoisotopic (exact) mass is 374 g/mol. The largest absolute Gasteiger partial charge is 0.302 e. The van der Waals surface area contributed by atoms with Crippen LogP contribution in [0.4, 0.5) is 5.82 Å². The molecule has 0 saturated carbocycles. The van der Waals surface area contributed by atoms with Gasteiger partial charge in [-0.15, -0.1) is 0 Å². The third-order valence-electron chi connectivity index (χ3n) is 4.85. The number of anilines is 1. The van der Waals surface area contributed by atoms with Gasteiger partial charge in [0.25, 0.3) is 0 Å². The van der Waals surface area contributed by atoms with E-state index in [1.807, 2.05) is 43.5 Å². The Hall–Kier alpha value is -1.99. The van der Waals surface area contributed by atoms with Crippen molar-refractivity contribution in [2.24, 2.45) is 5.92 Å². The van der Waals surface area contributed by atoms with Crippen molar-refractivity contribution >= 4 is 16.0 Å². The van der Waals surface area contributed by atoms with E-state index in [-0.39, 0.29) is 0 Å². The van der Waals surface area contributed by atoms with Crippen LogP contribution in [0.1, 0.15) is 37.6 Å². The Bertz CT molecular complexity index is 803. The molecule has 0 spiro atoms. The van der Waals surface area contributed by atoms with E-state index in [2.05, 4.69) is 14.7 Å². The number of aromatic nitrogens is 2. The van der Waals surface area contributed by atoms with Crippen LogP contribution >= 0.6 is 0 Å². The van der Waals surface area contributed by atoms with Gasteiger partial charge in [-0.3, -0.25) is 9.71 Å². The fraction of sp³-hybridized carbons (Fsp3) is 0.474. The Morgan fingerprint density at radius 2 is 1.88 bits per heavy atom. The molecule has 0 amide bonds. The Kier molecular flexibility index (Phi) is 6.21. The number of pyridine rings is 2. The van der Waals surface area contributed by atoms with E-state index in [1.54, 1.807) is 6.07 Å². The lowest BCUT2D eigenvalue weighted by Crippen LogP contribution is -2.41. The van der Waals surface area contributed by atoms with Crippen molar-refractivity contribution in [3.05, 3.63) is 54.0 Å². The van der Waals surface area contributed by atoms with E-state index in [0.29, 0.717) is 24.8 Å². The van der Waals surface area contributed by atoms with Gasteiger partial charge in [-0.05, 0) is 62.3 Å². The van der Waals surface area contributed by atoms with Crippen LogP contribution in [0.15, 0.2) is 42.6 Å². The first-order valence-electron chi connectivity index (χ1n) is 9.20. The fourth-order valence-electron chi connectivity index (χ4n) is 3.27. The van der Waals surface area contributed by atoms with Gasteiger partial charge in [0.05, 0.1) is 0 Å². The average molecular weight is 375 g/mol. The number of hydrogen-bond acceptors (Lipinski definition) is 4. The average Bonchev–Trinajstić information content (AvgIpc) is 2.67. The van der Waals surface area contributed by atoms with E-state index in [4.69, 9.17) is 0 Å². The van der Waals surface area contributed by atoms with Crippen molar-refractivity contribution in [3.8, 4) is 0 Å². The first-order valence-corrected chi connectivity index (χ1v) is 10.6. The number of piperidine rings is 1.